The third-order valence-corrected chi connectivity index (χ3v) is 5.55. The maximum atomic E-state index is 12.5. The second kappa shape index (κ2) is 7.44. The first-order valence-electron chi connectivity index (χ1n) is 8.38. The van der Waals surface area contributed by atoms with E-state index < -0.39 is 0 Å². The van der Waals surface area contributed by atoms with Gasteiger partial charge in [0.1, 0.15) is 0 Å². The van der Waals surface area contributed by atoms with Crippen LogP contribution in [-0.2, 0) is 13.6 Å². The molecule has 0 aromatic carbocycles. The Morgan fingerprint density at radius 3 is 2.75 bits per heavy atom. The lowest BCUT2D eigenvalue weighted by atomic mass is 9.96. The van der Waals surface area contributed by atoms with Crippen molar-refractivity contribution in [3.63, 3.8) is 0 Å². The quantitative estimate of drug-likeness (QED) is 0.832. The van der Waals surface area contributed by atoms with Gasteiger partial charge in [0.05, 0.1) is 5.51 Å². The first-order valence-corrected chi connectivity index (χ1v) is 9.26. The number of piperidine rings is 1. The minimum Gasteiger partial charge on any atom is -0.340 e. The summed E-state index contributed by atoms with van der Waals surface area (Å²) in [5.41, 5.74) is 3.44. The van der Waals surface area contributed by atoms with Gasteiger partial charge < -0.3 is 4.90 Å². The van der Waals surface area contributed by atoms with E-state index in [1.165, 1.54) is 4.88 Å². The van der Waals surface area contributed by atoms with Crippen molar-refractivity contribution in [1.82, 2.24) is 24.6 Å². The van der Waals surface area contributed by atoms with Crippen molar-refractivity contribution in [1.29, 1.82) is 0 Å². The number of carbonyl (C=O) groups is 1. The standard InChI is InChI=1S/C17H25N5OS/c1-13-8-16(19-21(13)3)17(23)20(2)10-14-4-6-22(7-5-14)11-15-9-18-12-24-15/h8-9,12,14H,4-7,10-11H2,1-3H3. The molecule has 130 valence electrons. The van der Waals surface area contributed by atoms with Crippen molar-refractivity contribution >= 4 is 17.2 Å². The molecule has 0 radical (unpaired) electrons. The van der Waals surface area contributed by atoms with Gasteiger partial charge in [-0.25, -0.2) is 0 Å². The van der Waals surface area contributed by atoms with E-state index in [1.807, 2.05) is 43.7 Å². The van der Waals surface area contributed by atoms with E-state index in [2.05, 4.69) is 15.0 Å². The number of hydrogen-bond donors (Lipinski definition) is 0. The molecule has 3 rings (SSSR count). The molecule has 2 aromatic heterocycles. The van der Waals surface area contributed by atoms with Crippen LogP contribution in [0.5, 0.6) is 0 Å². The van der Waals surface area contributed by atoms with E-state index in [0.717, 1.165) is 44.7 Å². The van der Waals surface area contributed by atoms with Gasteiger partial charge in [-0.15, -0.1) is 11.3 Å². The highest BCUT2D eigenvalue weighted by atomic mass is 32.1. The van der Waals surface area contributed by atoms with Gasteiger partial charge in [0.15, 0.2) is 5.69 Å². The fourth-order valence-electron chi connectivity index (χ4n) is 3.20. The molecule has 3 heterocycles. The van der Waals surface area contributed by atoms with Crippen LogP contribution in [0.25, 0.3) is 0 Å². The zero-order valence-corrected chi connectivity index (χ0v) is 15.4. The van der Waals surface area contributed by atoms with Crippen LogP contribution in [0.4, 0.5) is 0 Å². The molecule has 0 bridgehead atoms. The summed E-state index contributed by atoms with van der Waals surface area (Å²) in [5.74, 6) is 0.590. The Balaban J connectivity index is 1.47. The minimum absolute atomic E-state index is 0.0192. The van der Waals surface area contributed by atoms with E-state index in [1.54, 1.807) is 16.0 Å². The van der Waals surface area contributed by atoms with Crippen LogP contribution >= 0.6 is 11.3 Å². The first kappa shape index (κ1) is 17.1. The number of aromatic nitrogens is 3. The van der Waals surface area contributed by atoms with Gasteiger partial charge in [0.25, 0.3) is 5.91 Å². The van der Waals surface area contributed by atoms with Gasteiger partial charge in [0, 0.05) is 44.0 Å². The molecular formula is C17H25N5OS. The molecule has 1 saturated heterocycles. The third-order valence-electron chi connectivity index (χ3n) is 4.78. The summed E-state index contributed by atoms with van der Waals surface area (Å²) in [5, 5.41) is 4.29. The minimum atomic E-state index is 0.0192. The van der Waals surface area contributed by atoms with Crippen molar-refractivity contribution in [3.8, 4) is 0 Å². The van der Waals surface area contributed by atoms with E-state index in [0.29, 0.717) is 11.6 Å². The van der Waals surface area contributed by atoms with Crippen LogP contribution in [0, 0.1) is 12.8 Å². The Morgan fingerprint density at radius 2 is 2.17 bits per heavy atom. The van der Waals surface area contributed by atoms with Gasteiger partial charge in [-0.2, -0.15) is 5.10 Å². The number of likely N-dealkylation sites (tertiary alicyclic amines) is 1. The maximum absolute atomic E-state index is 12.5. The number of nitrogens with zero attached hydrogens (tertiary/aromatic N) is 5. The van der Waals surface area contributed by atoms with Crippen molar-refractivity contribution in [3.05, 3.63) is 34.0 Å². The monoisotopic (exact) mass is 347 g/mol. The smallest absolute Gasteiger partial charge is 0.274 e. The molecule has 0 saturated carbocycles. The molecule has 0 spiro atoms. The van der Waals surface area contributed by atoms with Crippen LogP contribution in [0.3, 0.4) is 0 Å². The number of aryl methyl sites for hydroxylation is 2. The van der Waals surface area contributed by atoms with Crippen molar-refractivity contribution in [2.45, 2.75) is 26.3 Å². The zero-order chi connectivity index (χ0) is 17.1. The Labute approximate surface area is 147 Å². The molecule has 1 aliphatic heterocycles. The molecule has 1 aliphatic rings. The summed E-state index contributed by atoms with van der Waals surface area (Å²) in [6.45, 7) is 5.95. The van der Waals surface area contributed by atoms with E-state index in [9.17, 15) is 4.79 Å². The number of thiazole rings is 1. The van der Waals surface area contributed by atoms with Gasteiger partial charge in [-0.05, 0) is 44.8 Å². The fraction of sp³-hybridized carbons (Fsp3) is 0.588. The molecule has 0 aliphatic carbocycles. The summed E-state index contributed by atoms with van der Waals surface area (Å²) in [7, 11) is 3.75. The van der Waals surface area contributed by atoms with E-state index in [-0.39, 0.29) is 5.91 Å². The van der Waals surface area contributed by atoms with Crippen molar-refractivity contribution < 1.29 is 4.79 Å². The lowest BCUT2D eigenvalue weighted by Gasteiger charge is -2.33. The van der Waals surface area contributed by atoms with E-state index >= 15 is 0 Å². The van der Waals surface area contributed by atoms with Gasteiger partial charge in [0.2, 0.25) is 0 Å². The normalized spacial score (nSPS) is 16.5. The molecule has 2 aromatic rings. The Morgan fingerprint density at radius 1 is 1.42 bits per heavy atom. The van der Waals surface area contributed by atoms with E-state index in [4.69, 9.17) is 0 Å². The summed E-state index contributed by atoms with van der Waals surface area (Å²) < 4.78 is 1.75. The second-order valence-electron chi connectivity index (χ2n) is 6.67. The maximum Gasteiger partial charge on any atom is 0.274 e. The second-order valence-corrected chi connectivity index (χ2v) is 7.64. The third kappa shape index (κ3) is 4.02. The van der Waals surface area contributed by atoms with Crippen LogP contribution in [0.15, 0.2) is 17.8 Å². The summed E-state index contributed by atoms with van der Waals surface area (Å²) >= 11 is 1.72. The average Bonchev–Trinajstić information content (AvgIpc) is 3.19. The van der Waals surface area contributed by atoms with Crippen LogP contribution in [0.1, 0.15) is 33.9 Å². The van der Waals surface area contributed by atoms with Gasteiger partial charge >= 0.3 is 0 Å². The topological polar surface area (TPSA) is 54.3 Å². The van der Waals surface area contributed by atoms with Crippen LogP contribution < -0.4 is 0 Å². The van der Waals surface area contributed by atoms with Crippen LogP contribution in [0.2, 0.25) is 0 Å². The average molecular weight is 347 g/mol. The fourth-order valence-corrected chi connectivity index (χ4v) is 3.83. The predicted molar refractivity (Wildman–Crippen MR) is 95.0 cm³/mol. The van der Waals surface area contributed by atoms with Gasteiger partial charge in [-0.1, -0.05) is 0 Å². The number of rotatable bonds is 5. The van der Waals surface area contributed by atoms with Gasteiger partial charge in [-0.3, -0.25) is 19.4 Å². The highest BCUT2D eigenvalue weighted by Crippen LogP contribution is 2.21. The van der Waals surface area contributed by atoms with Crippen LogP contribution in [-0.4, -0.2) is 57.2 Å². The molecule has 24 heavy (non-hydrogen) atoms. The molecule has 7 heteroatoms. The summed E-state index contributed by atoms with van der Waals surface area (Å²) in [6.07, 6.45) is 4.23. The predicted octanol–water partition coefficient (Wildman–Crippen LogP) is 2.17. The summed E-state index contributed by atoms with van der Waals surface area (Å²) in [4.78, 5) is 22.3. The Hall–Kier alpha value is -1.73. The highest BCUT2D eigenvalue weighted by molar-refractivity contribution is 7.09. The SMILES string of the molecule is Cc1cc(C(=O)N(C)CC2CCN(Cc3cncs3)CC2)nn1C. The number of carbonyl (C=O) groups excluding carboxylic acids is 1. The molecule has 1 fully saturated rings. The molecule has 0 N–H and O–H groups in total. The Bertz CT molecular complexity index is 654. The van der Waals surface area contributed by atoms with Crippen molar-refractivity contribution in [2.24, 2.45) is 13.0 Å². The molecule has 0 unspecified atom stereocenters. The molecular weight excluding hydrogens is 322 g/mol. The lowest BCUT2D eigenvalue weighted by Crippen LogP contribution is -2.39. The molecule has 0 atom stereocenters. The molecule has 6 nitrogen and oxygen atoms in total. The highest BCUT2D eigenvalue weighted by Gasteiger charge is 2.23. The lowest BCUT2D eigenvalue weighted by molar-refractivity contribution is 0.0731. The first-order chi connectivity index (χ1) is 11.5. The van der Waals surface area contributed by atoms with Crippen molar-refractivity contribution in [2.75, 3.05) is 26.7 Å². The number of hydrogen-bond acceptors (Lipinski definition) is 5. The molecule has 1 amide bonds. The Kier molecular flexibility index (Phi) is 5.30. The zero-order valence-electron chi connectivity index (χ0n) is 14.6. The number of amides is 1. The summed E-state index contributed by atoms with van der Waals surface area (Å²) in [6, 6.07) is 1.86. The largest absolute Gasteiger partial charge is 0.340 e.